The summed E-state index contributed by atoms with van der Waals surface area (Å²) in [6, 6.07) is 37.7. The standard InChI is InChI=1S/C36H36O8/c1-26(37)42-36-34(44-35(38)30-20-12-5-13-21-30)33(41-24-29-18-10-4-11-19-29)32(40-23-28-16-8-3-9-17-28)31(43-36)25-39-22-27-14-6-2-7-15-27/h2-21,31-34,36H,22-25H2,1H3/t31?,32-,33-,34-,36+/m0/s1. The first-order chi connectivity index (χ1) is 21.6. The van der Waals surface area contributed by atoms with Crippen LogP contribution in [0.2, 0.25) is 0 Å². The van der Waals surface area contributed by atoms with E-state index in [4.69, 9.17) is 28.4 Å². The fourth-order valence-corrected chi connectivity index (χ4v) is 4.95. The average molecular weight is 597 g/mol. The van der Waals surface area contributed by atoms with E-state index in [0.717, 1.165) is 16.7 Å². The Balaban J connectivity index is 1.45. The van der Waals surface area contributed by atoms with Gasteiger partial charge in [-0.1, -0.05) is 109 Å². The Morgan fingerprint density at radius 3 is 1.59 bits per heavy atom. The molecule has 1 aliphatic rings. The molecule has 44 heavy (non-hydrogen) atoms. The molecule has 0 aromatic heterocycles. The van der Waals surface area contributed by atoms with Crippen molar-refractivity contribution in [3.8, 4) is 0 Å². The third kappa shape index (κ3) is 8.84. The Bertz CT molecular complexity index is 1430. The monoisotopic (exact) mass is 596 g/mol. The number of carbonyl (C=O) groups excluding carboxylic acids is 2. The van der Waals surface area contributed by atoms with Gasteiger partial charge in [-0.15, -0.1) is 0 Å². The van der Waals surface area contributed by atoms with E-state index in [1.807, 2.05) is 91.0 Å². The van der Waals surface area contributed by atoms with Crippen molar-refractivity contribution in [3.63, 3.8) is 0 Å². The lowest BCUT2D eigenvalue weighted by Gasteiger charge is -2.45. The van der Waals surface area contributed by atoms with Crippen molar-refractivity contribution in [2.24, 2.45) is 0 Å². The minimum Gasteiger partial charge on any atom is -0.449 e. The van der Waals surface area contributed by atoms with E-state index in [1.165, 1.54) is 6.92 Å². The summed E-state index contributed by atoms with van der Waals surface area (Å²) in [6.07, 6.45) is -4.76. The van der Waals surface area contributed by atoms with Crippen LogP contribution in [-0.2, 0) is 53.0 Å². The third-order valence-electron chi connectivity index (χ3n) is 7.09. The number of ether oxygens (including phenoxy) is 6. The average Bonchev–Trinajstić information content (AvgIpc) is 3.06. The smallest absolute Gasteiger partial charge is 0.338 e. The maximum Gasteiger partial charge on any atom is 0.338 e. The van der Waals surface area contributed by atoms with Crippen LogP contribution in [0.1, 0.15) is 34.0 Å². The number of esters is 2. The van der Waals surface area contributed by atoms with Crippen LogP contribution in [0.15, 0.2) is 121 Å². The van der Waals surface area contributed by atoms with Crippen LogP contribution in [0.3, 0.4) is 0 Å². The van der Waals surface area contributed by atoms with Gasteiger partial charge in [-0.25, -0.2) is 4.79 Å². The Kier molecular flexibility index (Phi) is 11.3. The van der Waals surface area contributed by atoms with Crippen molar-refractivity contribution < 1.29 is 38.0 Å². The second kappa shape index (κ2) is 15.9. The number of carbonyl (C=O) groups is 2. The first-order valence-corrected chi connectivity index (χ1v) is 14.6. The molecule has 1 aliphatic heterocycles. The Hall–Kier alpha value is -4.34. The molecule has 0 N–H and O–H groups in total. The van der Waals surface area contributed by atoms with Crippen LogP contribution in [0.5, 0.6) is 0 Å². The molecule has 5 rings (SSSR count). The van der Waals surface area contributed by atoms with Crippen LogP contribution in [0, 0.1) is 0 Å². The molecule has 4 aromatic rings. The Morgan fingerprint density at radius 1 is 0.591 bits per heavy atom. The zero-order valence-electron chi connectivity index (χ0n) is 24.5. The maximum absolute atomic E-state index is 13.3. The quantitative estimate of drug-likeness (QED) is 0.177. The first kappa shape index (κ1) is 31.1. The van der Waals surface area contributed by atoms with Gasteiger partial charge in [0.15, 0.2) is 6.10 Å². The highest BCUT2D eigenvalue weighted by Gasteiger charge is 2.51. The van der Waals surface area contributed by atoms with E-state index in [1.54, 1.807) is 30.3 Å². The van der Waals surface area contributed by atoms with Gasteiger partial charge < -0.3 is 28.4 Å². The highest BCUT2D eigenvalue weighted by Crippen LogP contribution is 2.31. The summed E-state index contributed by atoms with van der Waals surface area (Å²) in [5, 5.41) is 0. The van der Waals surface area contributed by atoms with E-state index in [2.05, 4.69) is 0 Å². The third-order valence-corrected chi connectivity index (χ3v) is 7.09. The van der Waals surface area contributed by atoms with Gasteiger partial charge in [0, 0.05) is 6.92 Å². The molecule has 4 aromatic carbocycles. The summed E-state index contributed by atoms with van der Waals surface area (Å²) in [6.45, 7) is 2.16. The van der Waals surface area contributed by atoms with Crippen LogP contribution >= 0.6 is 0 Å². The summed E-state index contributed by atoms with van der Waals surface area (Å²) >= 11 is 0. The highest BCUT2D eigenvalue weighted by molar-refractivity contribution is 5.89. The number of hydrogen-bond acceptors (Lipinski definition) is 8. The van der Waals surface area contributed by atoms with Crippen molar-refractivity contribution in [3.05, 3.63) is 144 Å². The summed E-state index contributed by atoms with van der Waals surface area (Å²) in [7, 11) is 0. The Labute approximate surface area is 257 Å². The Morgan fingerprint density at radius 2 is 1.07 bits per heavy atom. The molecule has 228 valence electrons. The molecule has 0 radical (unpaired) electrons. The molecule has 0 amide bonds. The SMILES string of the molecule is CC(=O)O[C@@H]1OC(COCc2ccccc2)[C@H](OCc2ccccc2)[C@H](OCc2ccccc2)[C@@H]1OC(=O)c1ccccc1. The summed E-state index contributed by atoms with van der Waals surface area (Å²) in [4.78, 5) is 25.6. The molecule has 0 spiro atoms. The van der Waals surface area contributed by atoms with Gasteiger partial charge in [0.2, 0.25) is 6.29 Å². The van der Waals surface area contributed by atoms with Gasteiger partial charge in [0.05, 0.1) is 32.0 Å². The minimum atomic E-state index is -1.26. The second-order valence-corrected chi connectivity index (χ2v) is 10.4. The second-order valence-electron chi connectivity index (χ2n) is 10.4. The molecule has 0 aliphatic carbocycles. The lowest BCUT2D eigenvalue weighted by molar-refractivity contribution is -0.309. The van der Waals surface area contributed by atoms with Crippen LogP contribution < -0.4 is 0 Å². The van der Waals surface area contributed by atoms with Gasteiger partial charge >= 0.3 is 11.9 Å². The van der Waals surface area contributed by atoms with Gasteiger partial charge in [-0.3, -0.25) is 4.79 Å². The molecule has 0 saturated carbocycles. The van der Waals surface area contributed by atoms with Crippen LogP contribution in [0.25, 0.3) is 0 Å². The molecule has 0 bridgehead atoms. The molecule has 1 heterocycles. The zero-order valence-corrected chi connectivity index (χ0v) is 24.5. The lowest BCUT2D eigenvalue weighted by Crippen LogP contribution is -2.62. The van der Waals surface area contributed by atoms with Crippen molar-refractivity contribution >= 4 is 11.9 Å². The number of hydrogen-bond donors (Lipinski definition) is 0. The first-order valence-electron chi connectivity index (χ1n) is 14.6. The summed E-state index contributed by atoms with van der Waals surface area (Å²) in [5.74, 6) is -1.20. The molecule has 5 atom stereocenters. The van der Waals surface area contributed by atoms with Crippen LogP contribution in [0.4, 0.5) is 0 Å². The number of benzene rings is 4. The fourth-order valence-electron chi connectivity index (χ4n) is 4.95. The van der Waals surface area contributed by atoms with E-state index in [0.29, 0.717) is 12.2 Å². The van der Waals surface area contributed by atoms with E-state index < -0.39 is 42.6 Å². The topological polar surface area (TPSA) is 89.5 Å². The van der Waals surface area contributed by atoms with Crippen LogP contribution in [-0.4, -0.2) is 49.3 Å². The van der Waals surface area contributed by atoms with Gasteiger partial charge in [-0.05, 0) is 28.8 Å². The molecular formula is C36H36O8. The van der Waals surface area contributed by atoms with Crippen molar-refractivity contribution in [2.75, 3.05) is 6.61 Å². The molecular weight excluding hydrogens is 560 g/mol. The summed E-state index contributed by atoms with van der Waals surface area (Å²) < 4.78 is 37.0. The molecule has 1 fully saturated rings. The lowest BCUT2D eigenvalue weighted by atomic mass is 9.97. The molecule has 1 saturated heterocycles. The van der Waals surface area contributed by atoms with Crippen molar-refractivity contribution in [1.29, 1.82) is 0 Å². The van der Waals surface area contributed by atoms with Crippen molar-refractivity contribution in [2.45, 2.75) is 57.5 Å². The van der Waals surface area contributed by atoms with E-state index in [9.17, 15) is 9.59 Å². The van der Waals surface area contributed by atoms with Gasteiger partial charge in [-0.2, -0.15) is 0 Å². The normalized spacial score (nSPS) is 21.3. The fraction of sp³-hybridized carbons (Fsp3) is 0.278. The van der Waals surface area contributed by atoms with Gasteiger partial charge in [0.25, 0.3) is 0 Å². The molecule has 8 heteroatoms. The number of rotatable bonds is 13. The van der Waals surface area contributed by atoms with Crippen molar-refractivity contribution in [1.82, 2.24) is 0 Å². The molecule has 8 nitrogen and oxygen atoms in total. The summed E-state index contributed by atoms with van der Waals surface area (Å²) in [5.41, 5.74) is 3.19. The van der Waals surface area contributed by atoms with Gasteiger partial charge in [0.1, 0.15) is 18.3 Å². The maximum atomic E-state index is 13.3. The largest absolute Gasteiger partial charge is 0.449 e. The predicted octanol–water partition coefficient (Wildman–Crippen LogP) is 5.89. The van der Waals surface area contributed by atoms with E-state index in [-0.39, 0.29) is 19.8 Å². The minimum absolute atomic E-state index is 0.108. The zero-order chi connectivity index (χ0) is 30.6. The molecule has 1 unspecified atom stereocenters. The van der Waals surface area contributed by atoms with E-state index >= 15 is 0 Å². The highest BCUT2D eigenvalue weighted by atomic mass is 16.7. The predicted molar refractivity (Wildman–Crippen MR) is 162 cm³/mol.